The summed E-state index contributed by atoms with van der Waals surface area (Å²) in [7, 11) is 0. The van der Waals surface area contributed by atoms with Crippen LogP contribution in [-0.4, -0.2) is 4.92 Å². The van der Waals surface area contributed by atoms with E-state index in [0.29, 0.717) is 22.5 Å². The molecule has 2 rings (SSSR count). The van der Waals surface area contributed by atoms with Gasteiger partial charge in [0.25, 0.3) is 5.69 Å². The number of hydrogen-bond acceptors (Lipinski definition) is 4. The summed E-state index contributed by atoms with van der Waals surface area (Å²) >= 11 is 3.33. The van der Waals surface area contributed by atoms with Gasteiger partial charge in [-0.2, -0.15) is 5.26 Å². The minimum atomic E-state index is -0.424. The molecule has 0 atom stereocenters. The fraction of sp³-hybridized carbons (Fsp3) is 0.0714. The third kappa shape index (κ3) is 2.95. The first-order valence-corrected chi connectivity index (χ1v) is 6.52. The Kier molecular flexibility index (Phi) is 4.01. The first-order valence-electron chi connectivity index (χ1n) is 5.73. The Morgan fingerprint density at radius 1 is 1.30 bits per heavy atom. The second-order valence-corrected chi connectivity index (χ2v) is 5.10. The maximum atomic E-state index is 10.9. The number of hydrogen-bond donors (Lipinski definition) is 1. The molecule has 2 aromatic rings. The summed E-state index contributed by atoms with van der Waals surface area (Å²) in [5.41, 5.74) is 2.27. The van der Waals surface area contributed by atoms with Crippen molar-refractivity contribution in [2.24, 2.45) is 0 Å². The van der Waals surface area contributed by atoms with Gasteiger partial charge in [-0.25, -0.2) is 0 Å². The smallest absolute Gasteiger partial charge is 0.274 e. The average Bonchev–Trinajstić information content (AvgIpc) is 2.41. The normalized spacial score (nSPS) is 9.85. The third-order valence-electron chi connectivity index (χ3n) is 2.79. The third-order valence-corrected chi connectivity index (χ3v) is 3.28. The van der Waals surface area contributed by atoms with Gasteiger partial charge < -0.3 is 5.32 Å². The Morgan fingerprint density at radius 3 is 2.70 bits per heavy atom. The molecule has 0 saturated carbocycles. The van der Waals surface area contributed by atoms with Crippen molar-refractivity contribution >= 4 is 33.0 Å². The summed E-state index contributed by atoms with van der Waals surface area (Å²) in [6.45, 7) is 1.68. The number of halogens is 1. The molecule has 100 valence electrons. The average molecular weight is 332 g/mol. The van der Waals surface area contributed by atoms with Crippen molar-refractivity contribution < 1.29 is 4.92 Å². The van der Waals surface area contributed by atoms with Gasteiger partial charge in [0.1, 0.15) is 6.07 Å². The number of nitro benzene ring substituents is 1. The zero-order chi connectivity index (χ0) is 14.7. The minimum Gasteiger partial charge on any atom is -0.354 e. The van der Waals surface area contributed by atoms with Crippen molar-refractivity contribution in [2.45, 2.75) is 6.92 Å². The van der Waals surface area contributed by atoms with Gasteiger partial charge in [-0.05, 0) is 31.2 Å². The lowest BCUT2D eigenvalue weighted by Crippen LogP contribution is -1.97. The largest absolute Gasteiger partial charge is 0.354 e. The van der Waals surface area contributed by atoms with Gasteiger partial charge in [-0.1, -0.05) is 22.0 Å². The van der Waals surface area contributed by atoms with E-state index < -0.39 is 4.92 Å². The number of nitro groups is 1. The van der Waals surface area contributed by atoms with Crippen LogP contribution in [-0.2, 0) is 0 Å². The van der Waals surface area contributed by atoms with Gasteiger partial charge in [0.2, 0.25) is 0 Å². The summed E-state index contributed by atoms with van der Waals surface area (Å²) in [5.74, 6) is 0. The first-order chi connectivity index (χ1) is 9.51. The predicted octanol–water partition coefficient (Wildman–Crippen LogP) is 4.28. The second-order valence-electron chi connectivity index (χ2n) is 4.19. The fourth-order valence-corrected chi connectivity index (χ4v) is 2.12. The fourth-order valence-electron chi connectivity index (χ4n) is 1.76. The van der Waals surface area contributed by atoms with E-state index in [1.807, 2.05) is 0 Å². The zero-order valence-electron chi connectivity index (χ0n) is 10.6. The Morgan fingerprint density at radius 2 is 2.05 bits per heavy atom. The van der Waals surface area contributed by atoms with Crippen LogP contribution in [0.15, 0.2) is 40.9 Å². The van der Waals surface area contributed by atoms with Crippen LogP contribution in [0, 0.1) is 28.4 Å². The van der Waals surface area contributed by atoms with Crippen LogP contribution in [0.2, 0.25) is 0 Å². The molecule has 0 radical (unpaired) electrons. The molecule has 0 aromatic heterocycles. The van der Waals surface area contributed by atoms with Crippen molar-refractivity contribution in [3.8, 4) is 6.07 Å². The molecule has 0 aliphatic rings. The number of rotatable bonds is 3. The maximum absolute atomic E-state index is 10.9. The van der Waals surface area contributed by atoms with Gasteiger partial charge in [0.15, 0.2) is 0 Å². The minimum absolute atomic E-state index is 0.0449. The van der Waals surface area contributed by atoms with Crippen molar-refractivity contribution in [2.75, 3.05) is 5.32 Å². The van der Waals surface area contributed by atoms with Crippen LogP contribution < -0.4 is 5.32 Å². The molecule has 1 N–H and O–H groups in total. The van der Waals surface area contributed by atoms with E-state index in [1.165, 1.54) is 6.07 Å². The topological polar surface area (TPSA) is 79.0 Å². The first kappa shape index (κ1) is 14.0. The Balaban J connectivity index is 2.40. The molecule has 5 nitrogen and oxygen atoms in total. The lowest BCUT2D eigenvalue weighted by molar-refractivity contribution is -0.385. The number of nitrogens with one attached hydrogen (secondary N) is 1. The number of benzene rings is 2. The summed E-state index contributed by atoms with van der Waals surface area (Å²) in [4.78, 5) is 10.5. The Labute approximate surface area is 124 Å². The van der Waals surface area contributed by atoms with Crippen molar-refractivity contribution in [1.82, 2.24) is 0 Å². The Bertz CT molecular complexity index is 723. The SMILES string of the molecule is Cc1ccc(Nc2cc(Br)ccc2C#N)cc1[N+](=O)[O-]. The summed E-state index contributed by atoms with van der Waals surface area (Å²) in [6, 6.07) is 12.1. The van der Waals surface area contributed by atoms with Crippen LogP contribution in [0.3, 0.4) is 0 Å². The van der Waals surface area contributed by atoms with E-state index in [0.717, 1.165) is 4.47 Å². The molecule has 0 unspecified atom stereocenters. The zero-order valence-corrected chi connectivity index (χ0v) is 12.1. The van der Waals surface area contributed by atoms with Crippen LogP contribution in [0.4, 0.5) is 17.1 Å². The molecule has 2 aromatic carbocycles. The van der Waals surface area contributed by atoms with Crippen LogP contribution in [0.5, 0.6) is 0 Å². The van der Waals surface area contributed by atoms with Crippen LogP contribution in [0.1, 0.15) is 11.1 Å². The highest BCUT2D eigenvalue weighted by atomic mass is 79.9. The lowest BCUT2D eigenvalue weighted by atomic mass is 10.1. The lowest BCUT2D eigenvalue weighted by Gasteiger charge is -2.09. The molecule has 20 heavy (non-hydrogen) atoms. The van der Waals surface area contributed by atoms with Crippen molar-refractivity contribution in [3.05, 3.63) is 62.1 Å². The van der Waals surface area contributed by atoms with E-state index in [2.05, 4.69) is 27.3 Å². The van der Waals surface area contributed by atoms with E-state index in [4.69, 9.17) is 5.26 Å². The van der Waals surface area contributed by atoms with Crippen molar-refractivity contribution in [1.29, 1.82) is 5.26 Å². The number of aryl methyl sites for hydroxylation is 1. The maximum Gasteiger partial charge on any atom is 0.274 e. The van der Waals surface area contributed by atoms with Gasteiger partial charge in [-0.15, -0.1) is 0 Å². The molecule has 0 fully saturated rings. The molecule has 0 bridgehead atoms. The summed E-state index contributed by atoms with van der Waals surface area (Å²) < 4.78 is 0.820. The number of nitrogens with zero attached hydrogens (tertiary/aromatic N) is 2. The van der Waals surface area contributed by atoms with E-state index in [-0.39, 0.29) is 5.69 Å². The summed E-state index contributed by atoms with van der Waals surface area (Å²) in [5, 5.41) is 23.0. The molecule has 0 aliphatic heterocycles. The van der Waals surface area contributed by atoms with Gasteiger partial charge >= 0.3 is 0 Å². The van der Waals surface area contributed by atoms with Crippen LogP contribution in [0.25, 0.3) is 0 Å². The highest BCUT2D eigenvalue weighted by Crippen LogP contribution is 2.28. The van der Waals surface area contributed by atoms with Gasteiger partial charge in [-0.3, -0.25) is 10.1 Å². The van der Waals surface area contributed by atoms with E-state index >= 15 is 0 Å². The standard InChI is InChI=1S/C14H10BrN3O2/c1-9-2-5-12(7-14(9)18(19)20)17-13-6-11(15)4-3-10(13)8-16/h2-7,17H,1H3. The van der Waals surface area contributed by atoms with Gasteiger partial charge in [0.05, 0.1) is 16.2 Å². The molecule has 0 spiro atoms. The molecule has 6 heteroatoms. The second kappa shape index (κ2) is 5.72. The molecule has 0 amide bonds. The van der Waals surface area contributed by atoms with E-state index in [9.17, 15) is 10.1 Å². The van der Waals surface area contributed by atoms with Crippen LogP contribution >= 0.6 is 15.9 Å². The predicted molar refractivity (Wildman–Crippen MR) is 80.0 cm³/mol. The van der Waals surface area contributed by atoms with Gasteiger partial charge in [0, 0.05) is 21.8 Å². The molecule has 0 aliphatic carbocycles. The molecule has 0 saturated heterocycles. The highest BCUT2D eigenvalue weighted by Gasteiger charge is 2.12. The number of anilines is 2. The van der Waals surface area contributed by atoms with Crippen molar-refractivity contribution in [3.63, 3.8) is 0 Å². The molecular formula is C14H10BrN3O2. The monoisotopic (exact) mass is 331 g/mol. The number of nitriles is 1. The Hall–Kier alpha value is -2.39. The summed E-state index contributed by atoms with van der Waals surface area (Å²) in [6.07, 6.45) is 0. The molecular weight excluding hydrogens is 322 g/mol. The quantitative estimate of drug-likeness (QED) is 0.672. The molecule has 0 heterocycles. The highest BCUT2D eigenvalue weighted by molar-refractivity contribution is 9.10. The van der Waals surface area contributed by atoms with E-state index in [1.54, 1.807) is 37.3 Å².